The van der Waals surface area contributed by atoms with Crippen molar-refractivity contribution in [1.29, 1.82) is 0 Å². The van der Waals surface area contributed by atoms with Crippen molar-refractivity contribution in [3.05, 3.63) is 106 Å². The maximum atomic E-state index is 13.9. The van der Waals surface area contributed by atoms with Gasteiger partial charge in [-0.1, -0.05) is 24.3 Å². The van der Waals surface area contributed by atoms with Crippen LogP contribution in [0.25, 0.3) is 49.5 Å². The molecule has 0 saturated carbocycles. The first-order valence-electron chi connectivity index (χ1n) is 12.6. The van der Waals surface area contributed by atoms with Gasteiger partial charge in [-0.15, -0.1) is 0 Å². The number of carbonyl (C=O) groups excluding carboxylic acids is 2. The van der Waals surface area contributed by atoms with Crippen LogP contribution in [0.2, 0.25) is 0 Å². The molecule has 0 atom stereocenters. The van der Waals surface area contributed by atoms with E-state index in [0.717, 1.165) is 27.5 Å². The highest BCUT2D eigenvalue weighted by Crippen LogP contribution is 2.39. The quantitative estimate of drug-likeness (QED) is 0.287. The molecule has 0 aliphatic rings. The maximum absolute atomic E-state index is 13.9. The molecule has 0 aliphatic carbocycles. The number of amides is 1. The summed E-state index contributed by atoms with van der Waals surface area (Å²) in [5, 5.41) is 1.70. The Labute approximate surface area is 226 Å². The minimum Gasteiger partial charge on any atom is -0.462 e. The van der Waals surface area contributed by atoms with Gasteiger partial charge in [0.2, 0.25) is 0 Å². The van der Waals surface area contributed by atoms with Gasteiger partial charge < -0.3 is 15.5 Å². The summed E-state index contributed by atoms with van der Waals surface area (Å²) in [7, 11) is 0. The van der Waals surface area contributed by atoms with E-state index in [-0.39, 0.29) is 12.0 Å². The number of aromatic amines is 1. The molecule has 9 heteroatoms. The molecule has 0 aliphatic heterocycles. The molecule has 1 amide bonds. The van der Waals surface area contributed by atoms with Crippen LogP contribution in [-0.4, -0.2) is 33.0 Å². The number of nitrogens with zero attached hydrogens (tertiary/aromatic N) is 2. The van der Waals surface area contributed by atoms with Gasteiger partial charge in [-0.2, -0.15) is 0 Å². The average molecular weight is 535 g/mol. The van der Waals surface area contributed by atoms with E-state index in [9.17, 15) is 18.8 Å². The van der Waals surface area contributed by atoms with Crippen molar-refractivity contribution in [3.8, 4) is 16.8 Å². The molecule has 3 N–H and O–H groups in total. The molecule has 6 aromatic rings. The van der Waals surface area contributed by atoms with Crippen LogP contribution >= 0.6 is 0 Å². The smallest absolute Gasteiger partial charge is 0.338 e. The Hall–Kier alpha value is -5.31. The van der Waals surface area contributed by atoms with Crippen LogP contribution < -0.4 is 11.3 Å². The maximum Gasteiger partial charge on any atom is 0.338 e. The molecule has 0 radical (unpaired) electrons. The van der Waals surface area contributed by atoms with Crippen molar-refractivity contribution in [1.82, 2.24) is 14.5 Å². The lowest BCUT2D eigenvalue weighted by Gasteiger charge is -2.15. The highest BCUT2D eigenvalue weighted by Gasteiger charge is 2.20. The van der Waals surface area contributed by atoms with Crippen molar-refractivity contribution in [2.75, 3.05) is 6.61 Å². The average Bonchev–Trinajstić information content (AvgIpc) is 3.32. The second-order valence-corrected chi connectivity index (χ2v) is 9.41. The third-order valence-electron chi connectivity index (χ3n) is 7.11. The number of benzene rings is 4. The minimum atomic E-state index is -0.597. The number of halogens is 1. The van der Waals surface area contributed by atoms with Gasteiger partial charge in [0, 0.05) is 16.3 Å². The lowest BCUT2D eigenvalue weighted by Crippen LogP contribution is -2.20. The van der Waals surface area contributed by atoms with Gasteiger partial charge in [0.15, 0.2) is 0 Å². The number of aromatic nitrogens is 3. The normalized spacial score (nSPS) is 11.4. The van der Waals surface area contributed by atoms with E-state index in [1.807, 2.05) is 25.1 Å². The summed E-state index contributed by atoms with van der Waals surface area (Å²) >= 11 is 0. The number of hydrogen-bond donors (Lipinski definition) is 2. The predicted molar refractivity (Wildman–Crippen MR) is 151 cm³/mol. The number of hydrogen-bond acceptors (Lipinski definition) is 5. The molecule has 0 unspecified atom stereocenters. The second kappa shape index (κ2) is 9.46. The molecule has 0 fully saturated rings. The van der Waals surface area contributed by atoms with Gasteiger partial charge in [-0.3, -0.25) is 14.2 Å². The second-order valence-electron chi connectivity index (χ2n) is 9.41. The molecule has 0 saturated heterocycles. The van der Waals surface area contributed by atoms with Gasteiger partial charge in [-0.25, -0.2) is 14.2 Å². The number of nitrogens with one attached hydrogen (secondary N) is 1. The van der Waals surface area contributed by atoms with Crippen molar-refractivity contribution >= 4 is 44.6 Å². The zero-order chi connectivity index (χ0) is 28.1. The Morgan fingerprint density at radius 2 is 1.85 bits per heavy atom. The summed E-state index contributed by atoms with van der Waals surface area (Å²) in [6.07, 6.45) is 1.43. The Kier molecular flexibility index (Phi) is 5.91. The Morgan fingerprint density at radius 3 is 2.62 bits per heavy atom. The zero-order valence-corrected chi connectivity index (χ0v) is 21.6. The summed E-state index contributed by atoms with van der Waals surface area (Å²) in [6, 6.07) is 18.1. The minimum absolute atomic E-state index is 0.175. The first kappa shape index (κ1) is 25.0. The number of carbonyl (C=O) groups is 2. The first-order valence-corrected chi connectivity index (χ1v) is 12.6. The van der Waals surface area contributed by atoms with Gasteiger partial charge in [-0.05, 0) is 73.0 Å². The Bertz CT molecular complexity index is 2080. The van der Waals surface area contributed by atoms with Gasteiger partial charge in [0.1, 0.15) is 12.1 Å². The van der Waals surface area contributed by atoms with Crippen molar-refractivity contribution in [3.63, 3.8) is 0 Å². The molecule has 40 heavy (non-hydrogen) atoms. The summed E-state index contributed by atoms with van der Waals surface area (Å²) < 4.78 is 20.5. The van der Waals surface area contributed by atoms with Crippen molar-refractivity contribution < 1.29 is 18.7 Å². The molecule has 4 aromatic carbocycles. The molecular weight excluding hydrogens is 511 g/mol. The SMILES string of the molecule is CCOC(=O)c1ccc2c(c1)[nH]c1c(C(N)=O)ccc(-c3cccc(-n4cnc5ccc(F)cc5c4=O)c3C)c12. The zero-order valence-electron chi connectivity index (χ0n) is 21.6. The molecule has 198 valence electrons. The third-order valence-corrected chi connectivity index (χ3v) is 7.11. The number of ether oxygens (including phenoxy) is 1. The largest absolute Gasteiger partial charge is 0.462 e. The summed E-state index contributed by atoms with van der Waals surface area (Å²) in [4.78, 5) is 45.6. The van der Waals surface area contributed by atoms with E-state index in [0.29, 0.717) is 33.4 Å². The highest BCUT2D eigenvalue weighted by atomic mass is 19.1. The van der Waals surface area contributed by atoms with Crippen LogP contribution in [-0.2, 0) is 4.74 Å². The molecule has 2 aromatic heterocycles. The van der Waals surface area contributed by atoms with Crippen molar-refractivity contribution in [2.24, 2.45) is 5.73 Å². The van der Waals surface area contributed by atoms with Crippen LogP contribution in [0.5, 0.6) is 0 Å². The number of rotatable bonds is 5. The standard InChI is InChI=1S/C31H23FN4O4/c1-3-40-31(39)17-7-9-21-25(13-17)35-28-22(29(33)37)11-10-20(27(21)28)19-5-4-6-26(16(19)2)36-15-34-24-12-8-18(32)14-23(24)30(36)38/h4-15,35H,3H2,1-2H3,(H2,33,37). The molecule has 8 nitrogen and oxygen atoms in total. The predicted octanol–water partition coefficient (Wildman–Crippen LogP) is 5.41. The molecule has 2 heterocycles. The van der Waals surface area contributed by atoms with E-state index < -0.39 is 23.3 Å². The molecule has 6 rings (SSSR count). The topological polar surface area (TPSA) is 120 Å². The summed E-state index contributed by atoms with van der Waals surface area (Å²) in [5.41, 5.74) is 10.5. The van der Waals surface area contributed by atoms with Gasteiger partial charge in [0.05, 0.1) is 39.8 Å². The monoisotopic (exact) mass is 534 g/mol. The number of esters is 1. The van der Waals surface area contributed by atoms with Gasteiger partial charge in [0.25, 0.3) is 11.5 Å². The molecular formula is C31H23FN4O4. The van der Waals surface area contributed by atoms with E-state index in [1.54, 1.807) is 37.3 Å². The van der Waals surface area contributed by atoms with Crippen LogP contribution in [0, 0.1) is 12.7 Å². The van der Waals surface area contributed by atoms with E-state index in [1.165, 1.54) is 29.1 Å². The van der Waals surface area contributed by atoms with Crippen LogP contribution in [0.4, 0.5) is 4.39 Å². The first-order chi connectivity index (χ1) is 19.3. The third kappa shape index (κ3) is 3.90. The van der Waals surface area contributed by atoms with Gasteiger partial charge >= 0.3 is 5.97 Å². The summed E-state index contributed by atoms with van der Waals surface area (Å²) in [5.74, 6) is -1.56. The molecule has 0 bridgehead atoms. The molecule has 0 spiro atoms. The van der Waals surface area contributed by atoms with E-state index >= 15 is 0 Å². The fourth-order valence-electron chi connectivity index (χ4n) is 5.23. The lowest BCUT2D eigenvalue weighted by atomic mass is 9.93. The number of fused-ring (bicyclic) bond motifs is 4. The van der Waals surface area contributed by atoms with Crippen LogP contribution in [0.15, 0.2) is 77.9 Å². The van der Waals surface area contributed by atoms with E-state index in [4.69, 9.17) is 10.5 Å². The van der Waals surface area contributed by atoms with Crippen LogP contribution in [0.3, 0.4) is 0 Å². The van der Waals surface area contributed by atoms with Crippen molar-refractivity contribution in [2.45, 2.75) is 13.8 Å². The van der Waals surface area contributed by atoms with E-state index in [2.05, 4.69) is 9.97 Å². The fraction of sp³-hybridized carbons (Fsp3) is 0.0968. The number of nitrogens with two attached hydrogens (primary N) is 1. The van der Waals surface area contributed by atoms with Crippen LogP contribution in [0.1, 0.15) is 33.2 Å². The number of primary amides is 1. The lowest BCUT2D eigenvalue weighted by molar-refractivity contribution is 0.0526. The fourth-order valence-corrected chi connectivity index (χ4v) is 5.23. The summed E-state index contributed by atoms with van der Waals surface area (Å²) in [6.45, 7) is 3.87. The Balaban J connectivity index is 1.60. The highest BCUT2D eigenvalue weighted by molar-refractivity contribution is 6.20. The number of H-pyrrole nitrogens is 1. The Morgan fingerprint density at radius 1 is 1.02 bits per heavy atom.